The van der Waals surface area contributed by atoms with Crippen LogP contribution in [-0.2, 0) is 10.0 Å². The molecule has 4 aromatic rings. The highest BCUT2D eigenvalue weighted by Crippen LogP contribution is 2.33. The van der Waals surface area contributed by atoms with E-state index in [-0.39, 0.29) is 16.5 Å². The first-order valence-electron chi connectivity index (χ1n) is 13.5. The Bertz CT molecular complexity index is 1650. The Kier molecular flexibility index (Phi) is 7.31. The second-order valence-corrected chi connectivity index (χ2v) is 12.6. The highest BCUT2D eigenvalue weighted by molar-refractivity contribution is 7.89. The van der Waals surface area contributed by atoms with Gasteiger partial charge in [-0.3, -0.25) is 4.79 Å². The van der Waals surface area contributed by atoms with Crippen LogP contribution in [0.2, 0.25) is 0 Å². The van der Waals surface area contributed by atoms with Crippen molar-refractivity contribution < 1.29 is 13.2 Å². The van der Waals surface area contributed by atoms with E-state index in [9.17, 15) is 13.2 Å². The first kappa shape index (κ1) is 27.0. The molecule has 0 spiro atoms. The molecule has 3 heterocycles. The fourth-order valence-corrected chi connectivity index (χ4v) is 6.93. The van der Waals surface area contributed by atoms with Gasteiger partial charge in [-0.25, -0.2) is 17.9 Å². The standard InChI is InChI=1S/C30H35N5O3S/c1-19(2)23-11-13-25(14-12-23)32-30(36)28-27(29-31-21(4)17-22(5)35(29)33-28)24-10-9-20(3)26(18-24)39(37,38)34-15-7-6-8-16-34/h9-14,17-19H,6-8,15-16H2,1-5H3,(H,32,36). The van der Waals surface area contributed by atoms with Crippen LogP contribution < -0.4 is 5.32 Å². The van der Waals surface area contributed by atoms with Crippen LogP contribution in [0.15, 0.2) is 53.4 Å². The van der Waals surface area contributed by atoms with Gasteiger partial charge in [-0.1, -0.05) is 44.5 Å². The van der Waals surface area contributed by atoms with Gasteiger partial charge in [0.25, 0.3) is 5.91 Å². The predicted molar refractivity (Wildman–Crippen MR) is 154 cm³/mol. The molecule has 0 bridgehead atoms. The summed E-state index contributed by atoms with van der Waals surface area (Å²) < 4.78 is 30.5. The average Bonchev–Trinajstić information content (AvgIpc) is 3.29. The molecule has 1 amide bonds. The summed E-state index contributed by atoms with van der Waals surface area (Å²) in [6.45, 7) is 10.9. The molecule has 1 fully saturated rings. The Morgan fingerprint density at radius 1 is 0.949 bits per heavy atom. The number of aromatic nitrogens is 3. The fourth-order valence-electron chi connectivity index (χ4n) is 5.17. The smallest absolute Gasteiger partial charge is 0.276 e. The van der Waals surface area contributed by atoms with Crippen molar-refractivity contribution in [2.24, 2.45) is 0 Å². The Hall–Kier alpha value is -3.56. The van der Waals surface area contributed by atoms with E-state index in [1.165, 1.54) is 5.56 Å². The Morgan fingerprint density at radius 3 is 2.31 bits per heavy atom. The number of fused-ring (bicyclic) bond motifs is 1. The number of nitrogens with zero attached hydrogens (tertiary/aromatic N) is 4. The van der Waals surface area contributed by atoms with E-state index >= 15 is 0 Å². The Balaban J connectivity index is 1.63. The van der Waals surface area contributed by atoms with Crippen LogP contribution in [-0.4, -0.2) is 46.3 Å². The second-order valence-electron chi connectivity index (χ2n) is 10.7. The molecule has 9 heteroatoms. The number of hydrogen-bond acceptors (Lipinski definition) is 5. The summed E-state index contributed by atoms with van der Waals surface area (Å²) >= 11 is 0. The maximum atomic E-state index is 13.6. The summed E-state index contributed by atoms with van der Waals surface area (Å²) in [4.78, 5) is 18.6. The Morgan fingerprint density at radius 2 is 1.64 bits per heavy atom. The maximum absolute atomic E-state index is 13.6. The largest absolute Gasteiger partial charge is 0.321 e. The van der Waals surface area contributed by atoms with Crippen LogP contribution in [0.25, 0.3) is 16.8 Å². The zero-order valence-corrected chi connectivity index (χ0v) is 24.0. The number of nitrogens with one attached hydrogen (secondary N) is 1. The van der Waals surface area contributed by atoms with E-state index in [4.69, 9.17) is 4.98 Å². The minimum atomic E-state index is -3.68. The van der Waals surface area contributed by atoms with Crippen LogP contribution in [0, 0.1) is 20.8 Å². The van der Waals surface area contributed by atoms with Crippen LogP contribution in [0.3, 0.4) is 0 Å². The highest BCUT2D eigenvalue weighted by Gasteiger charge is 2.29. The fraction of sp³-hybridized carbons (Fsp3) is 0.367. The van der Waals surface area contributed by atoms with Gasteiger partial charge in [0.1, 0.15) is 0 Å². The van der Waals surface area contributed by atoms with Crippen molar-refractivity contribution in [2.75, 3.05) is 18.4 Å². The zero-order chi connectivity index (χ0) is 27.9. The Labute approximate surface area is 230 Å². The summed E-state index contributed by atoms with van der Waals surface area (Å²) in [5.74, 6) is -0.0000980. The van der Waals surface area contributed by atoms with Crippen molar-refractivity contribution in [3.05, 3.63) is 76.7 Å². The molecule has 0 aliphatic carbocycles. The molecule has 1 aliphatic heterocycles. The molecule has 0 saturated carbocycles. The molecule has 2 aromatic heterocycles. The van der Waals surface area contributed by atoms with E-state index < -0.39 is 10.0 Å². The molecule has 1 saturated heterocycles. The van der Waals surface area contributed by atoms with Crippen molar-refractivity contribution in [3.8, 4) is 11.1 Å². The summed E-state index contributed by atoms with van der Waals surface area (Å²) in [5, 5.41) is 7.63. The lowest BCUT2D eigenvalue weighted by molar-refractivity contribution is 0.102. The van der Waals surface area contributed by atoms with Crippen molar-refractivity contribution >= 4 is 27.3 Å². The number of amides is 1. The molecule has 39 heavy (non-hydrogen) atoms. The van der Waals surface area contributed by atoms with Gasteiger partial charge >= 0.3 is 0 Å². The summed E-state index contributed by atoms with van der Waals surface area (Å²) in [5.41, 5.74) is 5.91. The highest BCUT2D eigenvalue weighted by atomic mass is 32.2. The predicted octanol–water partition coefficient (Wildman–Crippen LogP) is 5.87. The van der Waals surface area contributed by atoms with Crippen LogP contribution >= 0.6 is 0 Å². The van der Waals surface area contributed by atoms with Gasteiger partial charge in [-0.05, 0) is 80.5 Å². The molecule has 5 rings (SSSR count). The maximum Gasteiger partial charge on any atom is 0.276 e. The normalized spacial score (nSPS) is 14.7. The molecule has 2 aromatic carbocycles. The first-order valence-corrected chi connectivity index (χ1v) is 14.9. The van der Waals surface area contributed by atoms with Crippen molar-refractivity contribution in [1.82, 2.24) is 18.9 Å². The molecule has 1 N–H and O–H groups in total. The van der Waals surface area contributed by atoms with E-state index in [0.717, 1.165) is 30.7 Å². The number of piperidine rings is 1. The number of hydrogen-bond donors (Lipinski definition) is 1. The van der Waals surface area contributed by atoms with Crippen LogP contribution in [0.5, 0.6) is 0 Å². The number of aryl methyl sites for hydroxylation is 3. The molecule has 0 radical (unpaired) electrons. The number of carbonyl (C=O) groups is 1. The van der Waals surface area contributed by atoms with Crippen molar-refractivity contribution in [3.63, 3.8) is 0 Å². The molecule has 204 valence electrons. The third kappa shape index (κ3) is 5.21. The molecule has 8 nitrogen and oxygen atoms in total. The number of carbonyl (C=O) groups excluding carboxylic acids is 1. The van der Waals surface area contributed by atoms with Gasteiger partial charge < -0.3 is 5.32 Å². The van der Waals surface area contributed by atoms with E-state index in [1.807, 2.05) is 50.2 Å². The molecular formula is C30H35N5O3S. The quantitative estimate of drug-likeness (QED) is 0.327. The van der Waals surface area contributed by atoms with Crippen LogP contribution in [0.1, 0.15) is 72.0 Å². The first-order chi connectivity index (χ1) is 18.6. The van der Waals surface area contributed by atoms with Crippen molar-refractivity contribution in [1.29, 1.82) is 0 Å². The number of sulfonamides is 1. The molecule has 0 unspecified atom stereocenters. The SMILES string of the molecule is Cc1cc(C)n2nc(C(=O)Nc3ccc(C(C)C)cc3)c(-c3ccc(C)c(S(=O)(=O)N4CCCCC4)c3)c2n1. The molecule has 1 aliphatic rings. The van der Waals surface area contributed by atoms with Gasteiger partial charge in [-0.15, -0.1) is 0 Å². The number of anilines is 1. The van der Waals surface area contributed by atoms with Crippen LogP contribution in [0.4, 0.5) is 5.69 Å². The van der Waals surface area contributed by atoms with Gasteiger partial charge in [0.05, 0.1) is 10.5 Å². The van der Waals surface area contributed by atoms with Gasteiger partial charge in [-0.2, -0.15) is 9.40 Å². The number of rotatable bonds is 6. The second kappa shape index (κ2) is 10.5. The lowest BCUT2D eigenvalue weighted by Crippen LogP contribution is -2.35. The van der Waals surface area contributed by atoms with E-state index in [1.54, 1.807) is 27.9 Å². The van der Waals surface area contributed by atoms with E-state index in [0.29, 0.717) is 47.0 Å². The average molecular weight is 546 g/mol. The summed E-state index contributed by atoms with van der Waals surface area (Å²) in [6, 6.07) is 15.0. The molecular weight excluding hydrogens is 510 g/mol. The lowest BCUT2D eigenvalue weighted by atomic mass is 10.0. The topological polar surface area (TPSA) is 96.7 Å². The van der Waals surface area contributed by atoms with Gasteiger partial charge in [0.15, 0.2) is 11.3 Å². The van der Waals surface area contributed by atoms with E-state index in [2.05, 4.69) is 24.3 Å². The minimum Gasteiger partial charge on any atom is -0.321 e. The summed E-state index contributed by atoms with van der Waals surface area (Å²) in [7, 11) is -3.68. The van der Waals surface area contributed by atoms with Gasteiger partial charge in [0.2, 0.25) is 10.0 Å². The minimum absolute atomic E-state index is 0.189. The zero-order valence-electron chi connectivity index (χ0n) is 23.2. The lowest BCUT2D eigenvalue weighted by Gasteiger charge is -2.26. The number of benzene rings is 2. The third-order valence-corrected chi connectivity index (χ3v) is 9.40. The van der Waals surface area contributed by atoms with Crippen molar-refractivity contribution in [2.45, 2.75) is 64.7 Å². The molecule has 0 atom stereocenters. The third-order valence-electron chi connectivity index (χ3n) is 7.36. The van der Waals surface area contributed by atoms with Gasteiger partial charge in [0, 0.05) is 30.2 Å². The summed E-state index contributed by atoms with van der Waals surface area (Å²) in [6.07, 6.45) is 2.75. The monoisotopic (exact) mass is 545 g/mol.